The molecule has 2 aromatic rings. The van der Waals surface area contributed by atoms with Crippen molar-refractivity contribution in [2.75, 3.05) is 6.61 Å². The normalized spacial score (nSPS) is 14.9. The molecule has 0 atom stereocenters. The summed E-state index contributed by atoms with van der Waals surface area (Å²) < 4.78 is 11.1. The summed E-state index contributed by atoms with van der Waals surface area (Å²) in [4.78, 5) is 0. The number of ether oxygens (including phenoxy) is 2. The van der Waals surface area contributed by atoms with Crippen molar-refractivity contribution in [3.8, 4) is 11.5 Å². The second-order valence-electron chi connectivity index (χ2n) is 4.41. The standard InChI is InChI=1S/C15H12ClNO3/c16-11-3-1-10(2-4-11)8-19-12-5-6-13-14(17-18)9-20-15(13)7-12/h1-7,18H,8-9H2. The van der Waals surface area contributed by atoms with Crippen molar-refractivity contribution in [2.45, 2.75) is 6.61 Å². The van der Waals surface area contributed by atoms with E-state index in [1.165, 1.54) is 0 Å². The Labute approximate surface area is 121 Å². The van der Waals surface area contributed by atoms with Crippen molar-refractivity contribution >= 4 is 17.3 Å². The first-order valence-corrected chi connectivity index (χ1v) is 6.49. The molecule has 20 heavy (non-hydrogen) atoms. The van der Waals surface area contributed by atoms with Crippen molar-refractivity contribution < 1.29 is 14.7 Å². The highest BCUT2D eigenvalue weighted by molar-refractivity contribution is 6.30. The summed E-state index contributed by atoms with van der Waals surface area (Å²) in [6, 6.07) is 12.9. The average molecular weight is 290 g/mol. The third kappa shape index (κ3) is 2.56. The van der Waals surface area contributed by atoms with E-state index in [4.69, 9.17) is 26.3 Å². The zero-order valence-corrected chi connectivity index (χ0v) is 11.3. The molecule has 0 saturated heterocycles. The van der Waals surface area contributed by atoms with Gasteiger partial charge >= 0.3 is 0 Å². The summed E-state index contributed by atoms with van der Waals surface area (Å²) in [6.45, 7) is 0.739. The van der Waals surface area contributed by atoms with Gasteiger partial charge in [0.25, 0.3) is 0 Å². The summed E-state index contributed by atoms with van der Waals surface area (Å²) in [7, 11) is 0. The van der Waals surface area contributed by atoms with Crippen molar-refractivity contribution in [2.24, 2.45) is 5.16 Å². The second kappa shape index (κ2) is 5.43. The van der Waals surface area contributed by atoms with Crippen LogP contribution in [0.4, 0.5) is 0 Å². The summed E-state index contributed by atoms with van der Waals surface area (Å²) >= 11 is 5.83. The molecular weight excluding hydrogens is 278 g/mol. The Hall–Kier alpha value is -2.20. The van der Waals surface area contributed by atoms with Gasteiger partial charge in [-0.25, -0.2) is 0 Å². The van der Waals surface area contributed by atoms with E-state index in [2.05, 4.69) is 5.16 Å². The van der Waals surface area contributed by atoms with Crippen LogP contribution >= 0.6 is 11.6 Å². The highest BCUT2D eigenvalue weighted by Crippen LogP contribution is 2.30. The first-order chi connectivity index (χ1) is 9.76. The number of hydrogen-bond donors (Lipinski definition) is 1. The molecule has 1 aliphatic rings. The van der Waals surface area contributed by atoms with Gasteiger partial charge in [-0.1, -0.05) is 28.9 Å². The molecule has 1 heterocycles. The van der Waals surface area contributed by atoms with Crippen LogP contribution in [0.3, 0.4) is 0 Å². The molecule has 1 aliphatic heterocycles. The zero-order valence-electron chi connectivity index (χ0n) is 10.5. The summed E-state index contributed by atoms with van der Waals surface area (Å²) in [6.07, 6.45) is 0. The predicted octanol–water partition coefficient (Wildman–Crippen LogP) is 3.49. The van der Waals surface area contributed by atoms with Crippen molar-refractivity contribution in [1.29, 1.82) is 0 Å². The molecule has 0 aliphatic carbocycles. The fourth-order valence-corrected chi connectivity index (χ4v) is 2.13. The largest absolute Gasteiger partial charge is 0.489 e. The SMILES string of the molecule is ON=C1COc2cc(OCc3ccc(Cl)cc3)ccc21. The van der Waals surface area contributed by atoms with Crippen LogP contribution in [0.2, 0.25) is 5.02 Å². The van der Waals surface area contributed by atoms with Gasteiger partial charge in [-0.05, 0) is 29.8 Å². The molecule has 0 amide bonds. The van der Waals surface area contributed by atoms with Gasteiger partial charge in [0.2, 0.25) is 0 Å². The maximum absolute atomic E-state index is 8.82. The number of fused-ring (bicyclic) bond motifs is 1. The van der Waals surface area contributed by atoms with E-state index in [-0.39, 0.29) is 6.61 Å². The quantitative estimate of drug-likeness (QED) is 0.695. The van der Waals surface area contributed by atoms with Crippen molar-refractivity contribution in [3.63, 3.8) is 0 Å². The van der Waals surface area contributed by atoms with Gasteiger partial charge in [-0.15, -0.1) is 0 Å². The third-order valence-corrected chi connectivity index (χ3v) is 3.32. The van der Waals surface area contributed by atoms with Crippen LogP contribution in [-0.4, -0.2) is 17.5 Å². The highest BCUT2D eigenvalue weighted by atomic mass is 35.5. The minimum atomic E-state index is 0.284. The van der Waals surface area contributed by atoms with E-state index in [0.29, 0.717) is 28.8 Å². The summed E-state index contributed by atoms with van der Waals surface area (Å²) in [5, 5.41) is 12.7. The molecular formula is C15H12ClNO3. The van der Waals surface area contributed by atoms with Crippen LogP contribution in [-0.2, 0) is 6.61 Å². The Morgan fingerprint density at radius 1 is 1.20 bits per heavy atom. The van der Waals surface area contributed by atoms with E-state index >= 15 is 0 Å². The Bertz CT molecular complexity index is 653. The molecule has 0 saturated carbocycles. The van der Waals surface area contributed by atoms with Gasteiger partial charge in [-0.3, -0.25) is 0 Å². The van der Waals surface area contributed by atoms with Crippen LogP contribution in [0.1, 0.15) is 11.1 Å². The molecule has 0 radical (unpaired) electrons. The fraction of sp³-hybridized carbons (Fsp3) is 0.133. The van der Waals surface area contributed by atoms with Gasteiger partial charge in [0.15, 0.2) is 0 Å². The summed E-state index contributed by atoms with van der Waals surface area (Å²) in [5.41, 5.74) is 2.36. The van der Waals surface area contributed by atoms with Gasteiger partial charge in [0.1, 0.15) is 30.4 Å². The molecule has 4 nitrogen and oxygen atoms in total. The molecule has 0 bridgehead atoms. The molecule has 0 unspecified atom stereocenters. The van der Waals surface area contributed by atoms with Crippen LogP contribution in [0.15, 0.2) is 47.6 Å². The maximum atomic E-state index is 8.82. The number of halogens is 1. The lowest BCUT2D eigenvalue weighted by Crippen LogP contribution is -2.01. The van der Waals surface area contributed by atoms with Gasteiger partial charge in [-0.2, -0.15) is 0 Å². The molecule has 1 N–H and O–H groups in total. The minimum absolute atomic E-state index is 0.284. The third-order valence-electron chi connectivity index (χ3n) is 3.07. The topological polar surface area (TPSA) is 51.1 Å². The van der Waals surface area contributed by atoms with E-state index in [9.17, 15) is 0 Å². The lowest BCUT2D eigenvalue weighted by Gasteiger charge is -2.07. The van der Waals surface area contributed by atoms with E-state index in [0.717, 1.165) is 11.1 Å². The van der Waals surface area contributed by atoms with Crippen molar-refractivity contribution in [1.82, 2.24) is 0 Å². The van der Waals surface area contributed by atoms with Crippen molar-refractivity contribution in [3.05, 3.63) is 58.6 Å². The molecule has 0 spiro atoms. The average Bonchev–Trinajstić information content (AvgIpc) is 2.89. The Morgan fingerprint density at radius 2 is 2.00 bits per heavy atom. The van der Waals surface area contributed by atoms with Gasteiger partial charge in [0.05, 0.1) is 0 Å². The van der Waals surface area contributed by atoms with E-state index in [1.54, 1.807) is 6.07 Å². The molecule has 102 valence electrons. The van der Waals surface area contributed by atoms with E-state index in [1.807, 2.05) is 36.4 Å². The molecule has 5 heteroatoms. The number of rotatable bonds is 3. The monoisotopic (exact) mass is 289 g/mol. The maximum Gasteiger partial charge on any atom is 0.134 e. The van der Waals surface area contributed by atoms with Gasteiger partial charge < -0.3 is 14.7 Å². The predicted molar refractivity (Wildman–Crippen MR) is 76.0 cm³/mol. The minimum Gasteiger partial charge on any atom is -0.489 e. The number of oxime groups is 1. The van der Waals surface area contributed by atoms with Crippen LogP contribution < -0.4 is 9.47 Å². The second-order valence-corrected chi connectivity index (χ2v) is 4.84. The molecule has 3 rings (SSSR count). The van der Waals surface area contributed by atoms with Crippen LogP contribution in [0, 0.1) is 0 Å². The number of nitrogens with zero attached hydrogens (tertiary/aromatic N) is 1. The van der Waals surface area contributed by atoms with Gasteiger partial charge in [0, 0.05) is 16.7 Å². The number of hydrogen-bond acceptors (Lipinski definition) is 4. The lowest BCUT2D eigenvalue weighted by molar-refractivity contribution is 0.302. The first kappa shape index (κ1) is 12.8. The fourth-order valence-electron chi connectivity index (χ4n) is 2.00. The van der Waals surface area contributed by atoms with Crippen LogP contribution in [0.25, 0.3) is 0 Å². The highest BCUT2D eigenvalue weighted by Gasteiger charge is 2.20. The first-order valence-electron chi connectivity index (χ1n) is 6.11. The molecule has 2 aromatic carbocycles. The number of benzene rings is 2. The Morgan fingerprint density at radius 3 is 2.75 bits per heavy atom. The Balaban J connectivity index is 1.71. The molecule has 0 aromatic heterocycles. The zero-order chi connectivity index (χ0) is 13.9. The van der Waals surface area contributed by atoms with E-state index < -0.39 is 0 Å². The Kier molecular flexibility index (Phi) is 3.48. The summed E-state index contributed by atoms with van der Waals surface area (Å²) in [5.74, 6) is 1.38. The smallest absolute Gasteiger partial charge is 0.134 e. The lowest BCUT2D eigenvalue weighted by atomic mass is 10.1. The van der Waals surface area contributed by atoms with Crippen LogP contribution in [0.5, 0.6) is 11.5 Å². The molecule has 0 fully saturated rings.